The molecule has 28 heavy (non-hydrogen) atoms. The molecule has 0 aliphatic rings. The van der Waals surface area contributed by atoms with Crippen LogP contribution in [0.4, 0.5) is 0 Å². The highest BCUT2D eigenvalue weighted by atomic mass is 16.5. The second-order valence-electron chi connectivity index (χ2n) is 7.38. The largest absolute Gasteiger partial charge is 0.494 e. The lowest BCUT2D eigenvalue weighted by molar-refractivity contribution is 0.164. The van der Waals surface area contributed by atoms with E-state index in [1.54, 1.807) is 21.3 Å². The summed E-state index contributed by atoms with van der Waals surface area (Å²) in [6.07, 6.45) is 2.11. The first kappa shape index (κ1) is 20.1. The van der Waals surface area contributed by atoms with Gasteiger partial charge in [0, 0.05) is 25.1 Å². The summed E-state index contributed by atoms with van der Waals surface area (Å²) in [5, 5.41) is 0. The molecule has 0 N–H and O–H groups in total. The molecule has 0 aromatic carbocycles. The number of methoxy groups -OCH3 is 3. The number of aryl methyl sites for hydroxylation is 1. The van der Waals surface area contributed by atoms with Crippen molar-refractivity contribution < 1.29 is 14.2 Å². The van der Waals surface area contributed by atoms with Gasteiger partial charge in [-0.05, 0) is 37.5 Å². The Labute approximate surface area is 166 Å². The van der Waals surface area contributed by atoms with Gasteiger partial charge in [0.2, 0.25) is 5.88 Å². The number of nitrogens with zero attached hydrogens (tertiary/aromatic N) is 3. The van der Waals surface area contributed by atoms with Crippen LogP contribution in [0.5, 0.6) is 11.6 Å². The van der Waals surface area contributed by atoms with Crippen molar-refractivity contribution in [3.63, 3.8) is 0 Å². The highest BCUT2D eigenvalue weighted by Crippen LogP contribution is 2.38. The van der Waals surface area contributed by atoms with E-state index in [9.17, 15) is 0 Å². The molecule has 0 spiro atoms. The summed E-state index contributed by atoms with van der Waals surface area (Å²) in [5.41, 5.74) is 5.60. The van der Waals surface area contributed by atoms with Crippen LogP contribution in [0.1, 0.15) is 44.0 Å². The van der Waals surface area contributed by atoms with E-state index in [0.29, 0.717) is 24.2 Å². The van der Waals surface area contributed by atoms with Crippen LogP contribution in [-0.4, -0.2) is 42.5 Å². The van der Waals surface area contributed by atoms with E-state index in [0.717, 1.165) is 33.5 Å². The molecule has 150 valence electrons. The van der Waals surface area contributed by atoms with Crippen LogP contribution >= 0.6 is 0 Å². The van der Waals surface area contributed by atoms with E-state index in [1.165, 1.54) is 0 Å². The lowest BCUT2D eigenvalue weighted by Crippen LogP contribution is -2.10. The Kier molecular flexibility index (Phi) is 5.89. The summed E-state index contributed by atoms with van der Waals surface area (Å²) in [6.45, 7) is 9.04. The van der Waals surface area contributed by atoms with Gasteiger partial charge < -0.3 is 18.8 Å². The first-order valence-electron chi connectivity index (χ1n) is 9.51. The highest BCUT2D eigenvalue weighted by molar-refractivity contribution is 5.86. The van der Waals surface area contributed by atoms with Gasteiger partial charge in [-0.1, -0.05) is 13.8 Å². The fourth-order valence-electron chi connectivity index (χ4n) is 3.46. The van der Waals surface area contributed by atoms with Crippen molar-refractivity contribution in [1.82, 2.24) is 14.5 Å². The molecule has 0 saturated carbocycles. The maximum atomic E-state index is 5.70. The maximum absolute atomic E-state index is 5.70. The maximum Gasteiger partial charge on any atom is 0.223 e. The first-order valence-corrected chi connectivity index (χ1v) is 9.51. The first-order chi connectivity index (χ1) is 13.4. The molecule has 0 saturated heterocycles. The summed E-state index contributed by atoms with van der Waals surface area (Å²) in [4.78, 5) is 9.62. The molecule has 3 heterocycles. The number of rotatable bonds is 7. The van der Waals surface area contributed by atoms with Crippen LogP contribution in [0.25, 0.3) is 22.3 Å². The highest BCUT2D eigenvalue weighted by Gasteiger charge is 2.20. The number of aromatic nitrogens is 3. The number of pyridine rings is 2. The smallest absolute Gasteiger partial charge is 0.223 e. The number of hydrogen-bond acceptors (Lipinski definition) is 5. The Balaban J connectivity index is 2.21. The number of fused-ring (bicyclic) bond motifs is 1. The van der Waals surface area contributed by atoms with E-state index in [2.05, 4.69) is 43.4 Å². The third-order valence-electron chi connectivity index (χ3n) is 4.98. The van der Waals surface area contributed by atoms with Gasteiger partial charge >= 0.3 is 0 Å². The van der Waals surface area contributed by atoms with Gasteiger partial charge in [-0.3, -0.25) is 0 Å². The molecule has 0 radical (unpaired) electrons. The third kappa shape index (κ3) is 3.56. The second kappa shape index (κ2) is 8.19. The minimum absolute atomic E-state index is 0.195. The van der Waals surface area contributed by atoms with Gasteiger partial charge in [0.15, 0.2) is 0 Å². The van der Waals surface area contributed by atoms with Gasteiger partial charge in [0.1, 0.15) is 11.4 Å². The Morgan fingerprint density at radius 3 is 2.39 bits per heavy atom. The van der Waals surface area contributed by atoms with Crippen molar-refractivity contribution in [3.8, 4) is 22.9 Å². The molecule has 0 bridgehead atoms. The summed E-state index contributed by atoms with van der Waals surface area (Å²) in [5.74, 6) is 1.56. The van der Waals surface area contributed by atoms with Crippen molar-refractivity contribution in [3.05, 3.63) is 35.7 Å². The zero-order chi connectivity index (χ0) is 20.4. The number of hydrogen-bond donors (Lipinski definition) is 0. The Hall–Kier alpha value is -2.60. The molecule has 6 heteroatoms. The molecule has 1 atom stereocenters. The summed E-state index contributed by atoms with van der Waals surface area (Å²) >= 11 is 0. The predicted octanol–water partition coefficient (Wildman–Crippen LogP) is 4.75. The molecule has 3 aromatic rings. The SMILES string of the molecule is COCC(C)n1cc(C)c2nc(-c3ccc(C(C)C)nc3OC)c(OC)cc21. The van der Waals surface area contributed by atoms with Gasteiger partial charge in [-0.15, -0.1) is 0 Å². The standard InChI is InChI=1S/C22H29N3O3/c1-13(2)17-9-8-16(22(23-17)28-7)21-19(27-6)10-18-20(24-21)14(3)11-25(18)15(4)12-26-5/h8-11,13,15H,12H2,1-7H3. The zero-order valence-corrected chi connectivity index (χ0v) is 17.7. The molecule has 0 aliphatic heterocycles. The Bertz CT molecular complexity index is 979. The average molecular weight is 383 g/mol. The lowest BCUT2D eigenvalue weighted by atomic mass is 10.1. The number of ether oxygens (including phenoxy) is 3. The van der Waals surface area contributed by atoms with E-state index in [4.69, 9.17) is 19.2 Å². The molecular weight excluding hydrogens is 354 g/mol. The third-order valence-corrected chi connectivity index (χ3v) is 4.98. The van der Waals surface area contributed by atoms with Crippen LogP contribution < -0.4 is 9.47 Å². The Morgan fingerprint density at radius 2 is 1.79 bits per heavy atom. The van der Waals surface area contributed by atoms with Crippen molar-refractivity contribution in [2.24, 2.45) is 0 Å². The van der Waals surface area contributed by atoms with Crippen molar-refractivity contribution >= 4 is 11.0 Å². The topological polar surface area (TPSA) is 58.4 Å². The molecule has 0 amide bonds. The van der Waals surface area contributed by atoms with Crippen molar-refractivity contribution in [1.29, 1.82) is 0 Å². The van der Waals surface area contributed by atoms with Crippen LogP contribution in [0.3, 0.4) is 0 Å². The van der Waals surface area contributed by atoms with E-state index < -0.39 is 0 Å². The fraction of sp³-hybridized carbons (Fsp3) is 0.455. The van der Waals surface area contributed by atoms with E-state index in [-0.39, 0.29) is 6.04 Å². The van der Waals surface area contributed by atoms with E-state index >= 15 is 0 Å². The van der Waals surface area contributed by atoms with Crippen molar-refractivity contribution in [2.75, 3.05) is 27.9 Å². The van der Waals surface area contributed by atoms with Gasteiger partial charge in [-0.2, -0.15) is 0 Å². The lowest BCUT2D eigenvalue weighted by Gasteiger charge is -2.16. The minimum atomic E-state index is 0.195. The molecule has 0 fully saturated rings. The quantitative estimate of drug-likeness (QED) is 0.589. The molecular formula is C22H29N3O3. The van der Waals surface area contributed by atoms with Gasteiger partial charge in [0.25, 0.3) is 0 Å². The van der Waals surface area contributed by atoms with Crippen LogP contribution in [-0.2, 0) is 4.74 Å². The zero-order valence-electron chi connectivity index (χ0n) is 17.7. The molecule has 3 rings (SSSR count). The summed E-state index contributed by atoms with van der Waals surface area (Å²) in [6, 6.07) is 6.26. The van der Waals surface area contributed by atoms with Crippen LogP contribution in [0.15, 0.2) is 24.4 Å². The van der Waals surface area contributed by atoms with Gasteiger partial charge in [-0.25, -0.2) is 9.97 Å². The van der Waals surface area contributed by atoms with Gasteiger partial charge in [0.05, 0.1) is 43.5 Å². The Morgan fingerprint density at radius 1 is 1.04 bits per heavy atom. The van der Waals surface area contributed by atoms with Crippen molar-refractivity contribution in [2.45, 2.75) is 39.7 Å². The molecule has 3 aromatic heterocycles. The van der Waals surface area contributed by atoms with E-state index in [1.807, 2.05) is 18.2 Å². The van der Waals surface area contributed by atoms with Crippen LogP contribution in [0, 0.1) is 6.92 Å². The molecule has 1 unspecified atom stereocenters. The average Bonchev–Trinajstić information content (AvgIpc) is 3.02. The molecule has 6 nitrogen and oxygen atoms in total. The second-order valence-corrected chi connectivity index (χ2v) is 7.38. The fourth-order valence-corrected chi connectivity index (χ4v) is 3.46. The monoisotopic (exact) mass is 383 g/mol. The normalized spacial score (nSPS) is 12.6. The summed E-state index contributed by atoms with van der Waals surface area (Å²) in [7, 11) is 5.01. The minimum Gasteiger partial charge on any atom is -0.494 e. The summed E-state index contributed by atoms with van der Waals surface area (Å²) < 4.78 is 18.8. The predicted molar refractivity (Wildman–Crippen MR) is 111 cm³/mol. The van der Waals surface area contributed by atoms with Crippen LogP contribution in [0.2, 0.25) is 0 Å². The molecule has 0 aliphatic carbocycles.